The van der Waals surface area contributed by atoms with Crippen LogP contribution in [0.15, 0.2) is 21.5 Å². The van der Waals surface area contributed by atoms with Gasteiger partial charge in [-0.3, -0.25) is 0 Å². The summed E-state index contributed by atoms with van der Waals surface area (Å²) in [5.74, 6) is 0. The van der Waals surface area contributed by atoms with E-state index in [1.165, 1.54) is 4.31 Å². The molecule has 0 saturated carbocycles. The first-order valence-corrected chi connectivity index (χ1v) is 9.24. The maximum atomic E-state index is 12.8. The van der Waals surface area contributed by atoms with Crippen molar-refractivity contribution in [3.05, 3.63) is 26.7 Å². The van der Waals surface area contributed by atoms with Crippen LogP contribution in [0.4, 0.5) is 0 Å². The van der Waals surface area contributed by atoms with E-state index in [1.54, 1.807) is 12.1 Å². The number of hydrogen-bond donors (Lipinski definition) is 1. The molecule has 2 rings (SSSR count). The predicted molar refractivity (Wildman–Crippen MR) is 85.0 cm³/mol. The maximum Gasteiger partial charge on any atom is 0.246 e. The number of nitrogens with zero attached hydrogens (tertiary/aromatic N) is 1. The van der Waals surface area contributed by atoms with Gasteiger partial charge in [-0.1, -0.05) is 46.1 Å². The molecule has 1 aliphatic rings. The van der Waals surface area contributed by atoms with E-state index in [0.717, 1.165) is 6.42 Å². The molecule has 8 heteroatoms. The van der Waals surface area contributed by atoms with Gasteiger partial charge in [0.1, 0.15) is 4.90 Å². The Balaban J connectivity index is 2.47. The van der Waals surface area contributed by atoms with Crippen molar-refractivity contribution < 1.29 is 8.42 Å². The molecule has 1 aromatic rings. The molecule has 0 unspecified atom stereocenters. The molecule has 112 valence electrons. The highest BCUT2D eigenvalue weighted by molar-refractivity contribution is 9.10. The Morgan fingerprint density at radius 2 is 1.90 bits per heavy atom. The van der Waals surface area contributed by atoms with E-state index < -0.39 is 10.0 Å². The largest absolute Gasteiger partial charge is 0.313 e. The summed E-state index contributed by atoms with van der Waals surface area (Å²) in [5, 5.41) is 3.36. The van der Waals surface area contributed by atoms with Gasteiger partial charge in [0.25, 0.3) is 0 Å². The van der Waals surface area contributed by atoms with Crippen molar-refractivity contribution in [2.24, 2.45) is 0 Å². The standard InChI is InChI=1S/C12H15BrCl2N2O2S/c1-2-3-17(9-6-16-7-9)20(18,19)12-10(14)4-8(13)5-11(12)15/h4-5,9,16H,2-3,6-7H2,1H3. The third-order valence-corrected chi connectivity index (χ3v) is 6.47. The smallest absolute Gasteiger partial charge is 0.246 e. The minimum Gasteiger partial charge on any atom is -0.313 e. The molecule has 0 bridgehead atoms. The van der Waals surface area contributed by atoms with Crippen LogP contribution in [0.3, 0.4) is 0 Å². The molecule has 1 saturated heterocycles. The van der Waals surface area contributed by atoms with Crippen LogP contribution in [-0.2, 0) is 10.0 Å². The van der Waals surface area contributed by atoms with Gasteiger partial charge in [-0.2, -0.15) is 4.31 Å². The summed E-state index contributed by atoms with van der Waals surface area (Å²) in [7, 11) is -3.69. The Labute approximate surface area is 137 Å². The van der Waals surface area contributed by atoms with E-state index in [9.17, 15) is 8.42 Å². The Hall–Kier alpha value is 0.150. The quantitative estimate of drug-likeness (QED) is 0.824. The lowest BCUT2D eigenvalue weighted by Crippen LogP contribution is -2.58. The first-order valence-electron chi connectivity index (χ1n) is 6.25. The third-order valence-electron chi connectivity index (χ3n) is 3.14. The molecule has 1 aromatic carbocycles. The van der Waals surface area contributed by atoms with Crippen molar-refractivity contribution in [1.82, 2.24) is 9.62 Å². The average molecular weight is 402 g/mol. The van der Waals surface area contributed by atoms with Crippen LogP contribution >= 0.6 is 39.1 Å². The normalized spacial score (nSPS) is 16.4. The van der Waals surface area contributed by atoms with Crippen LogP contribution in [-0.4, -0.2) is 38.4 Å². The topological polar surface area (TPSA) is 49.4 Å². The summed E-state index contributed by atoms with van der Waals surface area (Å²) < 4.78 is 27.8. The first kappa shape index (κ1) is 16.5. The molecular weight excluding hydrogens is 387 g/mol. The molecule has 0 aromatic heterocycles. The van der Waals surface area contributed by atoms with Crippen molar-refractivity contribution in [3.8, 4) is 0 Å². The van der Waals surface area contributed by atoms with Gasteiger partial charge in [-0.05, 0) is 18.6 Å². The summed E-state index contributed by atoms with van der Waals surface area (Å²) in [6.45, 7) is 3.72. The zero-order chi connectivity index (χ0) is 14.9. The fourth-order valence-corrected chi connectivity index (χ4v) is 5.69. The lowest BCUT2D eigenvalue weighted by Gasteiger charge is -2.37. The highest BCUT2D eigenvalue weighted by atomic mass is 79.9. The van der Waals surface area contributed by atoms with Crippen LogP contribution in [0.5, 0.6) is 0 Å². The summed E-state index contributed by atoms with van der Waals surface area (Å²) >= 11 is 15.4. The van der Waals surface area contributed by atoms with E-state index >= 15 is 0 Å². The van der Waals surface area contributed by atoms with E-state index in [4.69, 9.17) is 23.2 Å². The lowest BCUT2D eigenvalue weighted by atomic mass is 10.2. The fourth-order valence-electron chi connectivity index (χ4n) is 2.09. The molecule has 0 amide bonds. The fraction of sp³-hybridized carbons (Fsp3) is 0.500. The number of halogens is 3. The predicted octanol–water partition coefficient (Wildman–Crippen LogP) is 3.13. The molecular formula is C12H15BrCl2N2O2S. The molecule has 1 heterocycles. The second-order valence-corrected chi connectivity index (χ2v) is 8.18. The van der Waals surface area contributed by atoms with Crippen molar-refractivity contribution in [2.75, 3.05) is 19.6 Å². The van der Waals surface area contributed by atoms with Crippen molar-refractivity contribution in [2.45, 2.75) is 24.3 Å². The van der Waals surface area contributed by atoms with E-state index in [1.807, 2.05) is 6.92 Å². The molecule has 4 nitrogen and oxygen atoms in total. The van der Waals surface area contributed by atoms with Crippen LogP contribution < -0.4 is 5.32 Å². The SMILES string of the molecule is CCCN(C1CNC1)S(=O)(=O)c1c(Cl)cc(Br)cc1Cl. The van der Waals surface area contributed by atoms with Gasteiger partial charge in [0.2, 0.25) is 10.0 Å². The molecule has 1 fully saturated rings. The van der Waals surface area contributed by atoms with Gasteiger partial charge in [0, 0.05) is 24.1 Å². The Morgan fingerprint density at radius 3 is 2.30 bits per heavy atom. The molecule has 1 aliphatic heterocycles. The van der Waals surface area contributed by atoms with Gasteiger partial charge in [0.15, 0.2) is 0 Å². The van der Waals surface area contributed by atoms with E-state index in [0.29, 0.717) is 24.1 Å². The molecule has 20 heavy (non-hydrogen) atoms. The van der Waals surface area contributed by atoms with Crippen molar-refractivity contribution in [3.63, 3.8) is 0 Å². The monoisotopic (exact) mass is 400 g/mol. The Kier molecular flexibility index (Phi) is 5.37. The molecule has 1 N–H and O–H groups in total. The van der Waals surface area contributed by atoms with Gasteiger partial charge in [-0.25, -0.2) is 8.42 Å². The maximum absolute atomic E-state index is 12.8. The molecule has 0 spiro atoms. The zero-order valence-corrected chi connectivity index (χ0v) is 14.8. The number of hydrogen-bond acceptors (Lipinski definition) is 3. The summed E-state index contributed by atoms with van der Waals surface area (Å²) in [6, 6.07) is 3.06. The van der Waals surface area contributed by atoms with Crippen LogP contribution in [0.1, 0.15) is 13.3 Å². The number of benzene rings is 1. The zero-order valence-electron chi connectivity index (χ0n) is 10.9. The number of sulfonamides is 1. The van der Waals surface area contributed by atoms with Crippen molar-refractivity contribution >= 4 is 49.2 Å². The summed E-state index contributed by atoms with van der Waals surface area (Å²) in [6.07, 6.45) is 0.738. The van der Waals surface area contributed by atoms with Gasteiger partial charge in [-0.15, -0.1) is 0 Å². The van der Waals surface area contributed by atoms with Crippen LogP contribution in [0, 0.1) is 0 Å². The van der Waals surface area contributed by atoms with Crippen molar-refractivity contribution in [1.29, 1.82) is 0 Å². The van der Waals surface area contributed by atoms with E-state index in [-0.39, 0.29) is 21.0 Å². The first-order chi connectivity index (χ1) is 9.37. The minimum atomic E-state index is -3.69. The average Bonchev–Trinajstić information content (AvgIpc) is 2.23. The van der Waals surface area contributed by atoms with E-state index in [2.05, 4.69) is 21.2 Å². The van der Waals surface area contributed by atoms with Crippen LogP contribution in [0.2, 0.25) is 10.0 Å². The van der Waals surface area contributed by atoms with Gasteiger partial charge >= 0.3 is 0 Å². The second kappa shape index (κ2) is 6.50. The van der Waals surface area contributed by atoms with Gasteiger partial charge in [0.05, 0.1) is 16.1 Å². The second-order valence-electron chi connectivity index (χ2n) is 4.63. The van der Waals surface area contributed by atoms with Crippen LogP contribution in [0.25, 0.3) is 0 Å². The lowest BCUT2D eigenvalue weighted by molar-refractivity contribution is 0.242. The Morgan fingerprint density at radius 1 is 1.35 bits per heavy atom. The Bertz CT molecular complexity index is 582. The summed E-state index contributed by atoms with van der Waals surface area (Å²) in [5.41, 5.74) is 0. The highest BCUT2D eigenvalue weighted by Crippen LogP contribution is 2.35. The summed E-state index contributed by atoms with van der Waals surface area (Å²) in [4.78, 5) is -0.00983. The van der Waals surface area contributed by atoms with Gasteiger partial charge < -0.3 is 5.32 Å². The molecule has 0 radical (unpaired) electrons. The molecule has 0 atom stereocenters. The highest BCUT2D eigenvalue weighted by Gasteiger charge is 2.36. The molecule has 0 aliphatic carbocycles. The number of rotatable bonds is 5. The third kappa shape index (κ3) is 3.15. The minimum absolute atomic E-state index is 0.00983. The number of nitrogens with one attached hydrogen (secondary N) is 1.